The van der Waals surface area contributed by atoms with Crippen molar-refractivity contribution in [3.8, 4) is 0 Å². The number of anilines is 3. The first kappa shape index (κ1) is 32.0. The molecule has 1 atom stereocenters. The van der Waals surface area contributed by atoms with E-state index in [1.54, 1.807) is 0 Å². The number of ether oxygens (including phenoxy) is 1. The normalized spacial score (nSPS) is 18.3. The zero-order valence-corrected chi connectivity index (χ0v) is 27.3. The molecule has 2 fully saturated rings. The molecule has 0 aromatic carbocycles. The number of Topliss-reactive ketones (excluding diaryl/α,β-unsaturated/α-hetero) is 1. The second-order valence-electron chi connectivity index (χ2n) is 14.1. The number of aryl methyl sites for hydroxylation is 2. The second kappa shape index (κ2) is 14.1. The number of hydrogen-bond donors (Lipinski definition) is 3. The van der Waals surface area contributed by atoms with Crippen LogP contribution in [-0.2, 0) is 16.0 Å². The monoisotopic (exact) mass is 605 g/mol. The SMILES string of the molecule is Cc1nc(NC[C@H](NC(=O)OCC2CCCC2)C(=O)CC(C)(C)C)c(C)c(N2CCC(c3ccc4c(n3)NCCC4)CC2)n1. The van der Waals surface area contributed by atoms with Crippen LogP contribution >= 0.6 is 0 Å². The van der Waals surface area contributed by atoms with Crippen LogP contribution < -0.4 is 20.9 Å². The first-order valence-corrected chi connectivity index (χ1v) is 16.6. The molecule has 3 N–H and O–H groups in total. The fourth-order valence-corrected chi connectivity index (χ4v) is 6.70. The number of nitrogens with one attached hydrogen (secondary N) is 3. The molecule has 10 nitrogen and oxygen atoms in total. The van der Waals surface area contributed by atoms with Gasteiger partial charge in [-0.25, -0.2) is 19.7 Å². The highest BCUT2D eigenvalue weighted by Crippen LogP contribution is 2.33. The third kappa shape index (κ3) is 8.39. The van der Waals surface area contributed by atoms with Crippen molar-refractivity contribution in [1.29, 1.82) is 0 Å². The lowest BCUT2D eigenvalue weighted by Gasteiger charge is -2.34. The van der Waals surface area contributed by atoms with Crippen molar-refractivity contribution in [2.45, 2.75) is 104 Å². The van der Waals surface area contributed by atoms with Crippen molar-refractivity contribution < 1.29 is 14.3 Å². The van der Waals surface area contributed by atoms with Crippen molar-refractivity contribution in [3.63, 3.8) is 0 Å². The first-order valence-electron chi connectivity index (χ1n) is 16.6. The third-order valence-corrected chi connectivity index (χ3v) is 9.14. The van der Waals surface area contributed by atoms with Gasteiger partial charge in [0.05, 0.1) is 6.61 Å². The van der Waals surface area contributed by atoms with Gasteiger partial charge in [0, 0.05) is 49.8 Å². The summed E-state index contributed by atoms with van der Waals surface area (Å²) in [5.41, 5.74) is 3.24. The number of rotatable bonds is 10. The van der Waals surface area contributed by atoms with E-state index < -0.39 is 12.1 Å². The van der Waals surface area contributed by atoms with E-state index in [0.29, 0.717) is 36.5 Å². The van der Waals surface area contributed by atoms with Crippen LogP contribution in [0.2, 0.25) is 0 Å². The molecule has 1 aliphatic carbocycles. The number of alkyl carbamates (subject to hydrolysis) is 1. The highest BCUT2D eigenvalue weighted by atomic mass is 16.5. The molecule has 2 aromatic rings. The number of pyridine rings is 1. The molecule has 5 rings (SSSR count). The average Bonchev–Trinajstić information content (AvgIpc) is 3.52. The maximum absolute atomic E-state index is 13.3. The molecule has 1 saturated carbocycles. The van der Waals surface area contributed by atoms with Gasteiger partial charge in [0.1, 0.15) is 29.3 Å². The smallest absolute Gasteiger partial charge is 0.407 e. The van der Waals surface area contributed by atoms with Crippen molar-refractivity contribution in [2.24, 2.45) is 11.3 Å². The fourth-order valence-electron chi connectivity index (χ4n) is 6.70. The summed E-state index contributed by atoms with van der Waals surface area (Å²) in [6, 6.07) is 3.73. The summed E-state index contributed by atoms with van der Waals surface area (Å²) in [7, 11) is 0. The number of fused-ring (bicyclic) bond motifs is 1. The minimum absolute atomic E-state index is 0.0282. The first-order chi connectivity index (χ1) is 21.1. The van der Waals surface area contributed by atoms with Crippen molar-refractivity contribution in [1.82, 2.24) is 20.3 Å². The van der Waals surface area contributed by atoms with E-state index >= 15 is 0 Å². The molecular weight excluding hydrogens is 554 g/mol. The van der Waals surface area contributed by atoms with Gasteiger partial charge >= 0.3 is 6.09 Å². The van der Waals surface area contributed by atoms with E-state index in [-0.39, 0.29) is 17.7 Å². The molecule has 240 valence electrons. The van der Waals surface area contributed by atoms with Crippen molar-refractivity contribution >= 4 is 29.3 Å². The number of aromatic nitrogens is 3. The standard InChI is InChI=1S/C34H51N7O3/c1-22-30(36-20-28(29(42)19-34(3,4)5)40-33(43)44-21-24-9-6-7-10-24)37-23(2)38-32(22)41-17-14-25(15-18-41)27-13-12-26-11-8-16-35-31(26)39-27/h12-13,24-25,28H,6-11,14-21H2,1-5H3,(H,35,39)(H,40,43)(H,36,37,38)/t28-/m0/s1. The zero-order chi connectivity index (χ0) is 31.3. The van der Waals surface area contributed by atoms with E-state index in [0.717, 1.165) is 75.4 Å². The van der Waals surface area contributed by atoms with Crippen LogP contribution in [0, 0.1) is 25.2 Å². The molecule has 0 radical (unpaired) electrons. The van der Waals surface area contributed by atoms with Crippen LogP contribution in [0.15, 0.2) is 12.1 Å². The average molecular weight is 606 g/mol. The minimum atomic E-state index is -0.724. The maximum atomic E-state index is 13.3. The van der Waals surface area contributed by atoms with Gasteiger partial charge in [0.15, 0.2) is 5.78 Å². The molecule has 0 unspecified atom stereocenters. The highest BCUT2D eigenvalue weighted by molar-refractivity contribution is 5.88. The van der Waals surface area contributed by atoms with Gasteiger partial charge in [-0.1, -0.05) is 39.7 Å². The topological polar surface area (TPSA) is 121 Å². The van der Waals surface area contributed by atoms with Crippen LogP contribution in [0.3, 0.4) is 0 Å². The summed E-state index contributed by atoms with van der Waals surface area (Å²) in [4.78, 5) is 42.9. The molecule has 3 aliphatic rings. The Balaban J connectivity index is 1.22. The largest absolute Gasteiger partial charge is 0.449 e. The Labute approximate surface area is 262 Å². The predicted molar refractivity (Wildman–Crippen MR) is 175 cm³/mol. The van der Waals surface area contributed by atoms with Gasteiger partial charge in [-0.15, -0.1) is 0 Å². The number of carbonyl (C=O) groups is 2. The lowest BCUT2D eigenvalue weighted by molar-refractivity contribution is -0.122. The lowest BCUT2D eigenvalue weighted by Crippen LogP contribution is -2.47. The molecule has 10 heteroatoms. The number of hydrogen-bond acceptors (Lipinski definition) is 9. The maximum Gasteiger partial charge on any atom is 0.407 e. The number of nitrogens with zero attached hydrogens (tertiary/aromatic N) is 4. The summed E-state index contributed by atoms with van der Waals surface area (Å²) >= 11 is 0. The lowest BCUT2D eigenvalue weighted by atomic mass is 9.88. The Morgan fingerprint density at radius 1 is 1.05 bits per heavy atom. The Kier molecular flexibility index (Phi) is 10.3. The van der Waals surface area contributed by atoms with E-state index in [4.69, 9.17) is 14.7 Å². The predicted octanol–water partition coefficient (Wildman–Crippen LogP) is 5.93. The zero-order valence-electron chi connectivity index (χ0n) is 27.3. The number of piperidine rings is 1. The quantitative estimate of drug-likeness (QED) is 0.302. The van der Waals surface area contributed by atoms with Gasteiger partial charge in [0.2, 0.25) is 0 Å². The third-order valence-electron chi connectivity index (χ3n) is 9.14. The summed E-state index contributed by atoms with van der Waals surface area (Å²) in [6.45, 7) is 13.4. The summed E-state index contributed by atoms with van der Waals surface area (Å²) < 4.78 is 5.53. The molecule has 2 aliphatic heterocycles. The van der Waals surface area contributed by atoms with Crippen molar-refractivity contribution in [2.75, 3.05) is 48.3 Å². The van der Waals surface area contributed by atoms with E-state index in [1.165, 1.54) is 24.1 Å². The summed E-state index contributed by atoms with van der Waals surface area (Å²) in [5, 5.41) is 9.69. The molecular formula is C34H51N7O3. The van der Waals surface area contributed by atoms with Gasteiger partial charge in [-0.05, 0) is 75.3 Å². The molecule has 4 heterocycles. The second-order valence-corrected chi connectivity index (χ2v) is 14.1. The van der Waals surface area contributed by atoms with Gasteiger partial charge < -0.3 is 25.6 Å². The molecule has 1 saturated heterocycles. The van der Waals surface area contributed by atoms with E-state index in [9.17, 15) is 9.59 Å². The minimum Gasteiger partial charge on any atom is -0.449 e. The van der Waals surface area contributed by atoms with Crippen LogP contribution in [0.5, 0.6) is 0 Å². The fraction of sp³-hybridized carbons (Fsp3) is 0.676. The number of ketones is 1. The molecule has 1 amide bonds. The van der Waals surface area contributed by atoms with Crippen LogP contribution in [-0.4, -0.2) is 65.7 Å². The molecule has 2 aromatic heterocycles. The molecule has 0 spiro atoms. The van der Waals surface area contributed by atoms with Gasteiger partial charge in [0.25, 0.3) is 0 Å². The molecule has 44 heavy (non-hydrogen) atoms. The van der Waals surface area contributed by atoms with Crippen molar-refractivity contribution in [3.05, 3.63) is 34.8 Å². The number of amides is 1. The number of carbonyl (C=O) groups excluding carboxylic acids is 2. The van der Waals surface area contributed by atoms with Crippen LogP contribution in [0.25, 0.3) is 0 Å². The summed E-state index contributed by atoms with van der Waals surface area (Å²) in [5.74, 6) is 4.15. The van der Waals surface area contributed by atoms with E-state index in [1.807, 2.05) is 34.6 Å². The highest BCUT2D eigenvalue weighted by Gasteiger charge is 2.29. The van der Waals surface area contributed by atoms with E-state index in [2.05, 4.69) is 38.0 Å². The van der Waals surface area contributed by atoms with Gasteiger partial charge in [-0.2, -0.15) is 0 Å². The summed E-state index contributed by atoms with van der Waals surface area (Å²) in [6.07, 6.45) is 8.66. The Bertz CT molecular complexity index is 1310. The Hall–Kier alpha value is -3.43. The Morgan fingerprint density at radius 3 is 2.52 bits per heavy atom. The molecule has 0 bridgehead atoms. The Morgan fingerprint density at radius 2 is 1.80 bits per heavy atom. The van der Waals surface area contributed by atoms with Crippen LogP contribution in [0.4, 0.5) is 22.2 Å². The van der Waals surface area contributed by atoms with Gasteiger partial charge in [-0.3, -0.25) is 4.79 Å². The van der Waals surface area contributed by atoms with Crippen LogP contribution in [0.1, 0.15) is 101 Å².